The molecule has 1 aromatic carbocycles. The summed E-state index contributed by atoms with van der Waals surface area (Å²) in [6.45, 7) is 3.55. The third kappa shape index (κ3) is 10.7. The van der Waals surface area contributed by atoms with Crippen molar-refractivity contribution < 1.29 is 27.8 Å². The molecular weight excluding hydrogens is 466 g/mol. The fourth-order valence-corrected chi connectivity index (χ4v) is 1.80. The Labute approximate surface area is 168 Å². The molecule has 0 spiro atoms. The highest BCUT2D eigenvalue weighted by Gasteiger charge is 2.30. The largest absolute Gasteiger partial charge is 0.491 e. The van der Waals surface area contributed by atoms with Crippen molar-refractivity contribution in [2.45, 2.75) is 25.6 Å². The molecule has 0 aliphatic carbocycles. The number of hydrogen-bond acceptors (Lipinski definition) is 4. The summed E-state index contributed by atoms with van der Waals surface area (Å²) >= 11 is 0. The van der Waals surface area contributed by atoms with Crippen molar-refractivity contribution in [2.24, 2.45) is 10.7 Å². The van der Waals surface area contributed by atoms with E-state index in [1.807, 2.05) is 6.92 Å². The van der Waals surface area contributed by atoms with Crippen LogP contribution in [-0.4, -0.2) is 50.1 Å². The molecule has 0 saturated heterocycles. The highest BCUT2D eigenvalue weighted by Crippen LogP contribution is 2.31. The summed E-state index contributed by atoms with van der Waals surface area (Å²) in [7, 11) is 0. The van der Waals surface area contributed by atoms with Crippen molar-refractivity contribution in [1.29, 1.82) is 0 Å². The summed E-state index contributed by atoms with van der Waals surface area (Å²) in [6.07, 6.45) is -4.66. The Morgan fingerprint density at radius 1 is 1.38 bits per heavy atom. The maximum atomic E-state index is 12.6. The van der Waals surface area contributed by atoms with Crippen LogP contribution in [0.15, 0.2) is 29.3 Å². The number of nitrogens with one attached hydrogen (secondary N) is 1. The molecule has 0 heterocycles. The number of nitrogens with zero attached hydrogens (tertiary/aromatic N) is 1. The molecule has 26 heavy (non-hydrogen) atoms. The monoisotopic (exact) mass is 491 g/mol. The van der Waals surface area contributed by atoms with Gasteiger partial charge < -0.3 is 25.6 Å². The molecule has 0 aliphatic heterocycles. The predicted molar refractivity (Wildman–Crippen MR) is 104 cm³/mol. The van der Waals surface area contributed by atoms with E-state index in [-0.39, 0.29) is 48.8 Å². The van der Waals surface area contributed by atoms with Crippen molar-refractivity contribution in [1.82, 2.24) is 5.32 Å². The van der Waals surface area contributed by atoms with Gasteiger partial charge in [-0.3, -0.25) is 4.99 Å². The average Bonchev–Trinajstić information content (AvgIpc) is 2.57. The van der Waals surface area contributed by atoms with Crippen LogP contribution in [0, 0.1) is 0 Å². The first-order valence-corrected chi connectivity index (χ1v) is 7.92. The van der Waals surface area contributed by atoms with E-state index in [0.29, 0.717) is 19.8 Å². The molecule has 150 valence electrons. The van der Waals surface area contributed by atoms with E-state index < -0.39 is 17.8 Å². The van der Waals surface area contributed by atoms with Crippen LogP contribution in [0.2, 0.25) is 0 Å². The van der Waals surface area contributed by atoms with Gasteiger partial charge in [-0.25, -0.2) is 0 Å². The lowest BCUT2D eigenvalue weighted by Gasteiger charge is -2.13. The first-order valence-electron chi connectivity index (χ1n) is 7.92. The van der Waals surface area contributed by atoms with Crippen LogP contribution >= 0.6 is 24.0 Å². The number of aliphatic hydroxyl groups is 1. The zero-order valence-electron chi connectivity index (χ0n) is 14.5. The molecule has 1 rings (SSSR count). The van der Waals surface area contributed by atoms with Crippen molar-refractivity contribution in [3.8, 4) is 5.75 Å². The molecule has 1 aromatic rings. The second-order valence-electron chi connectivity index (χ2n) is 5.19. The maximum Gasteiger partial charge on any atom is 0.416 e. The molecule has 1 unspecified atom stereocenters. The van der Waals surface area contributed by atoms with Crippen molar-refractivity contribution in [2.75, 3.05) is 32.9 Å². The molecule has 0 fully saturated rings. The van der Waals surface area contributed by atoms with Gasteiger partial charge in [0.1, 0.15) is 18.5 Å². The highest BCUT2D eigenvalue weighted by molar-refractivity contribution is 14.0. The van der Waals surface area contributed by atoms with Gasteiger partial charge in [0.15, 0.2) is 5.96 Å². The van der Waals surface area contributed by atoms with E-state index >= 15 is 0 Å². The van der Waals surface area contributed by atoms with Gasteiger partial charge in [0, 0.05) is 19.8 Å². The third-order valence-electron chi connectivity index (χ3n) is 3.05. The first-order chi connectivity index (χ1) is 11.8. The smallest absolute Gasteiger partial charge is 0.416 e. The summed E-state index contributed by atoms with van der Waals surface area (Å²) in [5.41, 5.74) is 4.83. The minimum absolute atomic E-state index is 0. The van der Waals surface area contributed by atoms with Gasteiger partial charge in [-0.2, -0.15) is 13.2 Å². The number of guanidine groups is 1. The van der Waals surface area contributed by atoms with Crippen molar-refractivity contribution >= 4 is 29.9 Å². The topological polar surface area (TPSA) is 89.1 Å². The molecule has 0 bridgehead atoms. The fraction of sp³-hybridized carbons (Fsp3) is 0.562. The van der Waals surface area contributed by atoms with Crippen LogP contribution in [0.3, 0.4) is 0 Å². The minimum Gasteiger partial charge on any atom is -0.491 e. The molecule has 0 saturated carbocycles. The number of alkyl halides is 3. The molecule has 0 aliphatic rings. The lowest BCUT2D eigenvalue weighted by Crippen LogP contribution is -2.34. The average molecular weight is 491 g/mol. The van der Waals surface area contributed by atoms with E-state index in [1.54, 1.807) is 0 Å². The normalized spacial score (nSPS) is 13.0. The number of ether oxygens (including phenoxy) is 2. The summed E-state index contributed by atoms with van der Waals surface area (Å²) in [6, 6.07) is 4.46. The zero-order valence-corrected chi connectivity index (χ0v) is 16.8. The van der Waals surface area contributed by atoms with E-state index in [0.717, 1.165) is 18.6 Å². The van der Waals surface area contributed by atoms with Crippen LogP contribution in [-0.2, 0) is 10.9 Å². The summed E-state index contributed by atoms with van der Waals surface area (Å²) < 4.78 is 48.1. The van der Waals surface area contributed by atoms with Crippen LogP contribution in [0.4, 0.5) is 13.2 Å². The van der Waals surface area contributed by atoms with Gasteiger partial charge in [0.05, 0.1) is 12.1 Å². The number of aliphatic imine (C=N–C) groups is 1. The molecule has 0 amide bonds. The maximum absolute atomic E-state index is 12.6. The second kappa shape index (κ2) is 13.0. The first kappa shape index (κ1) is 24.7. The predicted octanol–water partition coefficient (Wildman–Crippen LogP) is 2.39. The van der Waals surface area contributed by atoms with Crippen LogP contribution in [0.5, 0.6) is 5.75 Å². The van der Waals surface area contributed by atoms with E-state index in [4.69, 9.17) is 15.2 Å². The van der Waals surface area contributed by atoms with Crippen molar-refractivity contribution in [3.05, 3.63) is 29.8 Å². The van der Waals surface area contributed by atoms with Crippen molar-refractivity contribution in [3.63, 3.8) is 0 Å². The Kier molecular flexibility index (Phi) is 12.3. The lowest BCUT2D eigenvalue weighted by atomic mass is 10.2. The number of hydrogen-bond donors (Lipinski definition) is 3. The fourth-order valence-electron chi connectivity index (χ4n) is 1.80. The Bertz CT molecular complexity index is 545. The number of benzene rings is 1. The molecule has 6 nitrogen and oxygen atoms in total. The molecule has 0 aromatic heterocycles. The Morgan fingerprint density at radius 2 is 2.12 bits per heavy atom. The summed E-state index contributed by atoms with van der Waals surface area (Å²) in [5.74, 6) is 0.203. The molecule has 0 radical (unpaired) electrons. The number of aliphatic hydroxyl groups excluding tert-OH is 1. The molecular formula is C16H25F3IN3O3. The minimum atomic E-state index is -4.44. The number of nitrogens with two attached hydrogens (primary N) is 1. The van der Waals surface area contributed by atoms with Gasteiger partial charge in [0.25, 0.3) is 0 Å². The molecule has 4 N–H and O–H groups in total. The van der Waals surface area contributed by atoms with Gasteiger partial charge in [-0.15, -0.1) is 24.0 Å². The Balaban J connectivity index is 0.00000625. The van der Waals surface area contributed by atoms with E-state index in [1.165, 1.54) is 12.1 Å². The van der Waals surface area contributed by atoms with Crippen LogP contribution in [0.25, 0.3) is 0 Å². The summed E-state index contributed by atoms with van der Waals surface area (Å²) in [4.78, 5) is 3.94. The number of halogens is 4. The van der Waals surface area contributed by atoms with Gasteiger partial charge in [0.2, 0.25) is 0 Å². The third-order valence-corrected chi connectivity index (χ3v) is 3.05. The summed E-state index contributed by atoms with van der Waals surface area (Å²) in [5, 5.41) is 12.6. The highest BCUT2D eigenvalue weighted by atomic mass is 127. The standard InChI is InChI=1S/C16H24F3N3O3.HI/c1-2-24-8-4-7-21-15(20)22-10-13(23)11-25-14-6-3-5-12(9-14)16(17,18)19;/h3,5-6,9,13,23H,2,4,7-8,10-11H2,1H3,(H3,20,21,22);1H. The Hall–Kier alpha value is -1.27. The van der Waals surface area contributed by atoms with Gasteiger partial charge in [-0.05, 0) is 31.5 Å². The zero-order chi connectivity index (χ0) is 18.7. The quantitative estimate of drug-likeness (QED) is 0.203. The Morgan fingerprint density at radius 3 is 2.77 bits per heavy atom. The molecule has 10 heteroatoms. The van der Waals surface area contributed by atoms with Crippen LogP contribution in [0.1, 0.15) is 18.9 Å². The second-order valence-corrected chi connectivity index (χ2v) is 5.19. The van der Waals surface area contributed by atoms with Gasteiger partial charge in [-0.1, -0.05) is 6.07 Å². The van der Waals surface area contributed by atoms with E-state index in [2.05, 4.69) is 10.3 Å². The lowest BCUT2D eigenvalue weighted by molar-refractivity contribution is -0.137. The van der Waals surface area contributed by atoms with E-state index in [9.17, 15) is 18.3 Å². The molecule has 1 atom stereocenters. The van der Waals surface area contributed by atoms with Crippen LogP contribution < -0.4 is 15.8 Å². The van der Waals surface area contributed by atoms with Gasteiger partial charge >= 0.3 is 6.18 Å². The SMILES string of the molecule is CCOCCCNC(N)=NCC(O)COc1cccc(C(F)(F)F)c1.I. The number of rotatable bonds is 10.